The first kappa shape index (κ1) is 31.8. The molecule has 5 nitrogen and oxygen atoms in total. The molecule has 0 saturated carbocycles. The molecule has 0 radical (unpaired) electrons. The van der Waals surface area contributed by atoms with Gasteiger partial charge in [0, 0.05) is 33.4 Å². The molecule has 252 valence electrons. The van der Waals surface area contributed by atoms with Gasteiger partial charge in [-0.2, -0.15) is 0 Å². The van der Waals surface area contributed by atoms with Gasteiger partial charge in [-0.15, -0.1) is 0 Å². The zero-order valence-corrected chi connectivity index (χ0v) is 30.1. The quantitative estimate of drug-likeness (QED) is 0.182. The van der Waals surface area contributed by atoms with Gasteiger partial charge in [0.2, 0.25) is 0 Å². The summed E-state index contributed by atoms with van der Waals surface area (Å²) in [5, 5.41) is 0. The van der Waals surface area contributed by atoms with Crippen molar-refractivity contribution in [2.75, 3.05) is 0 Å². The number of nitrogens with zero attached hydrogens (tertiary/aromatic N) is 5. The lowest BCUT2D eigenvalue weighted by atomic mass is 9.79. The van der Waals surface area contributed by atoms with Crippen molar-refractivity contribution in [2.45, 2.75) is 45.4 Å². The number of para-hydroxylation sites is 3. The van der Waals surface area contributed by atoms with Crippen molar-refractivity contribution in [3.05, 3.63) is 162 Å². The minimum absolute atomic E-state index is 0.0750. The van der Waals surface area contributed by atoms with Gasteiger partial charge < -0.3 is 0 Å². The molecule has 0 amide bonds. The summed E-state index contributed by atoms with van der Waals surface area (Å²) >= 11 is 0. The molecule has 2 aromatic heterocycles. The predicted octanol–water partition coefficient (Wildman–Crippen LogP) is 11.5. The van der Waals surface area contributed by atoms with Gasteiger partial charge in [-0.1, -0.05) is 144 Å². The lowest BCUT2D eigenvalue weighted by Gasteiger charge is -2.25. The number of fused-ring (bicyclic) bond motifs is 4. The maximum Gasteiger partial charge on any atom is 0.164 e. The van der Waals surface area contributed by atoms with Crippen LogP contribution in [0.1, 0.15) is 51.3 Å². The summed E-state index contributed by atoms with van der Waals surface area (Å²) in [4.78, 5) is 20.5. The Labute approximate surface area is 304 Å². The number of hydrogen-bond donors (Lipinski definition) is 0. The van der Waals surface area contributed by atoms with Crippen molar-refractivity contribution in [1.82, 2.24) is 24.5 Å². The van der Waals surface area contributed by atoms with Crippen LogP contribution in [0.2, 0.25) is 0 Å². The monoisotopic (exact) mass is 673 g/mol. The minimum Gasteiger partial charge on any atom is -0.292 e. The normalized spacial score (nSPS) is 13.2. The van der Waals surface area contributed by atoms with Crippen LogP contribution >= 0.6 is 0 Å². The van der Waals surface area contributed by atoms with E-state index in [-0.39, 0.29) is 10.8 Å². The molecule has 0 bridgehead atoms. The molecule has 0 fully saturated rings. The largest absolute Gasteiger partial charge is 0.292 e. The summed E-state index contributed by atoms with van der Waals surface area (Å²) in [6.45, 7) is 11.5. The third kappa shape index (κ3) is 5.32. The van der Waals surface area contributed by atoms with Gasteiger partial charge in [-0.05, 0) is 69.6 Å². The van der Waals surface area contributed by atoms with Crippen LogP contribution in [0.5, 0.6) is 0 Å². The molecule has 9 rings (SSSR count). The van der Waals surface area contributed by atoms with E-state index in [4.69, 9.17) is 19.9 Å². The topological polar surface area (TPSA) is 56.5 Å². The van der Waals surface area contributed by atoms with Gasteiger partial charge in [0.05, 0.1) is 11.0 Å². The molecule has 8 aromatic rings. The van der Waals surface area contributed by atoms with Crippen LogP contribution in [0.15, 0.2) is 146 Å². The molecule has 2 heterocycles. The van der Waals surface area contributed by atoms with Crippen molar-refractivity contribution in [2.24, 2.45) is 0 Å². The van der Waals surface area contributed by atoms with Gasteiger partial charge in [0.1, 0.15) is 5.82 Å². The molecule has 0 atom stereocenters. The lowest BCUT2D eigenvalue weighted by Crippen LogP contribution is -2.17. The smallest absolute Gasteiger partial charge is 0.164 e. The first-order valence-corrected chi connectivity index (χ1v) is 17.9. The Kier molecular flexibility index (Phi) is 7.30. The highest BCUT2D eigenvalue weighted by Crippen LogP contribution is 2.50. The molecule has 0 unspecified atom stereocenters. The Morgan fingerprint density at radius 3 is 1.75 bits per heavy atom. The summed E-state index contributed by atoms with van der Waals surface area (Å²) < 4.78 is 2.22. The fraction of sp³-hybridized carbons (Fsp3) is 0.149. The Morgan fingerprint density at radius 2 is 1.04 bits per heavy atom. The Hall–Kier alpha value is -6.20. The first-order valence-electron chi connectivity index (χ1n) is 17.9. The molecular formula is C47H39N5. The number of hydrogen-bond acceptors (Lipinski definition) is 4. The highest BCUT2D eigenvalue weighted by molar-refractivity contribution is 5.85. The fourth-order valence-corrected chi connectivity index (χ4v) is 7.55. The molecule has 1 aliphatic carbocycles. The van der Waals surface area contributed by atoms with E-state index in [1.54, 1.807) is 0 Å². The zero-order valence-electron chi connectivity index (χ0n) is 30.1. The lowest BCUT2D eigenvalue weighted by molar-refractivity contribution is 0.584. The van der Waals surface area contributed by atoms with Crippen LogP contribution in [0.3, 0.4) is 0 Å². The Bertz CT molecular complexity index is 2630. The van der Waals surface area contributed by atoms with Crippen LogP contribution < -0.4 is 0 Å². The third-order valence-electron chi connectivity index (χ3n) is 10.4. The second-order valence-electron chi connectivity index (χ2n) is 15.2. The molecule has 0 spiro atoms. The predicted molar refractivity (Wildman–Crippen MR) is 212 cm³/mol. The number of benzene rings is 6. The molecule has 52 heavy (non-hydrogen) atoms. The summed E-state index contributed by atoms with van der Waals surface area (Å²) in [6, 6.07) is 50.9. The summed E-state index contributed by atoms with van der Waals surface area (Å²) in [5.74, 6) is 2.77. The zero-order chi connectivity index (χ0) is 35.6. The van der Waals surface area contributed by atoms with Gasteiger partial charge >= 0.3 is 0 Å². The number of aromatic nitrogens is 5. The number of imidazole rings is 1. The van der Waals surface area contributed by atoms with Crippen LogP contribution in [0, 0.1) is 0 Å². The maximum atomic E-state index is 5.18. The molecule has 1 aliphatic rings. The minimum atomic E-state index is -0.168. The van der Waals surface area contributed by atoms with E-state index in [9.17, 15) is 0 Å². The van der Waals surface area contributed by atoms with Crippen molar-refractivity contribution in [1.29, 1.82) is 0 Å². The SMILES string of the molecule is CC(C)(C)c1ccc2c(c1)C(C)(C)c1cc(-c3nc(-c4ccccc4)nc(-c4cccc(-c5nc6ccccc6n5-c5ccccc5)c4)n3)ccc1-2. The van der Waals surface area contributed by atoms with E-state index < -0.39 is 0 Å². The van der Waals surface area contributed by atoms with Crippen LogP contribution in [0.25, 0.3) is 73.4 Å². The fourth-order valence-electron chi connectivity index (χ4n) is 7.55. The summed E-state index contributed by atoms with van der Waals surface area (Å²) in [5.41, 5.74) is 13.3. The van der Waals surface area contributed by atoms with E-state index >= 15 is 0 Å². The standard InChI is InChI=1S/C47H39N5/c1-46(2,3)34-24-26-37-36-25-23-32(28-38(36)47(4,5)39(37)29-34)44-50-42(30-15-8-6-9-16-30)49-43(51-44)31-17-14-18-33(27-31)45-48-40-21-12-13-22-41(40)52(45)35-19-10-7-11-20-35/h6-29H,1-5H3. The highest BCUT2D eigenvalue weighted by atomic mass is 15.1. The van der Waals surface area contributed by atoms with E-state index in [0.717, 1.165) is 44.8 Å². The maximum absolute atomic E-state index is 5.18. The van der Waals surface area contributed by atoms with E-state index in [0.29, 0.717) is 17.5 Å². The molecule has 6 aromatic carbocycles. The van der Waals surface area contributed by atoms with E-state index in [1.165, 1.54) is 27.8 Å². The number of rotatable bonds is 5. The highest BCUT2D eigenvalue weighted by Gasteiger charge is 2.36. The van der Waals surface area contributed by atoms with Crippen molar-refractivity contribution >= 4 is 11.0 Å². The molecule has 0 saturated heterocycles. The molecular weight excluding hydrogens is 635 g/mol. The second-order valence-corrected chi connectivity index (χ2v) is 15.2. The van der Waals surface area contributed by atoms with Gasteiger partial charge in [-0.25, -0.2) is 19.9 Å². The molecule has 0 N–H and O–H groups in total. The third-order valence-corrected chi connectivity index (χ3v) is 10.4. The van der Waals surface area contributed by atoms with Gasteiger partial charge in [-0.3, -0.25) is 4.57 Å². The Morgan fingerprint density at radius 1 is 0.481 bits per heavy atom. The van der Waals surface area contributed by atoms with E-state index in [1.807, 2.05) is 30.3 Å². The van der Waals surface area contributed by atoms with Gasteiger partial charge in [0.25, 0.3) is 0 Å². The van der Waals surface area contributed by atoms with E-state index in [2.05, 4.69) is 154 Å². The van der Waals surface area contributed by atoms with Crippen molar-refractivity contribution in [3.8, 4) is 62.4 Å². The second kappa shape index (κ2) is 12.0. The summed E-state index contributed by atoms with van der Waals surface area (Å²) in [7, 11) is 0. The van der Waals surface area contributed by atoms with Crippen molar-refractivity contribution < 1.29 is 0 Å². The molecule has 0 aliphatic heterocycles. The van der Waals surface area contributed by atoms with Gasteiger partial charge in [0.15, 0.2) is 17.5 Å². The van der Waals surface area contributed by atoms with Crippen molar-refractivity contribution in [3.63, 3.8) is 0 Å². The first-order chi connectivity index (χ1) is 25.1. The van der Waals surface area contributed by atoms with Crippen LogP contribution in [0.4, 0.5) is 0 Å². The Balaban J connectivity index is 1.18. The average molecular weight is 674 g/mol. The molecule has 5 heteroatoms. The summed E-state index contributed by atoms with van der Waals surface area (Å²) in [6.07, 6.45) is 0. The van der Waals surface area contributed by atoms with Crippen LogP contribution in [-0.4, -0.2) is 24.5 Å². The van der Waals surface area contributed by atoms with Crippen LogP contribution in [-0.2, 0) is 10.8 Å². The average Bonchev–Trinajstić information content (AvgIpc) is 3.67.